The lowest BCUT2D eigenvalue weighted by Gasteiger charge is -2.22. The van der Waals surface area contributed by atoms with Gasteiger partial charge < -0.3 is 10.4 Å². The van der Waals surface area contributed by atoms with Gasteiger partial charge in [0.25, 0.3) is 0 Å². The highest BCUT2D eigenvalue weighted by atomic mass is 16.3. The number of hydrogen-bond acceptors (Lipinski definition) is 2. The third-order valence-corrected chi connectivity index (χ3v) is 2.77. The van der Waals surface area contributed by atoms with Gasteiger partial charge in [-0.25, -0.2) is 0 Å². The Morgan fingerprint density at radius 2 is 2.07 bits per heavy atom. The van der Waals surface area contributed by atoms with Crippen LogP contribution in [0, 0.1) is 0 Å². The van der Waals surface area contributed by atoms with E-state index in [2.05, 4.69) is 43.4 Å². The van der Waals surface area contributed by atoms with Crippen LogP contribution in [0.15, 0.2) is 24.3 Å². The first-order chi connectivity index (χ1) is 7.10. The Kier molecular flexibility index (Phi) is 4.30. The molecular weight excluding hydrogens is 186 g/mol. The molecule has 0 fully saturated rings. The van der Waals surface area contributed by atoms with Crippen molar-refractivity contribution in [3.63, 3.8) is 0 Å². The first-order valence-electron chi connectivity index (χ1n) is 5.45. The topological polar surface area (TPSA) is 32.3 Å². The highest BCUT2D eigenvalue weighted by molar-refractivity contribution is 5.29. The number of rotatable bonds is 5. The summed E-state index contributed by atoms with van der Waals surface area (Å²) in [6, 6.07) is 8.47. The Labute approximate surface area is 92.3 Å². The lowest BCUT2D eigenvalue weighted by molar-refractivity contribution is 0.218. The average Bonchev–Trinajstić information content (AvgIpc) is 2.27. The van der Waals surface area contributed by atoms with Crippen LogP contribution in [0.1, 0.15) is 25.0 Å². The minimum atomic E-state index is -0.143. The van der Waals surface area contributed by atoms with Crippen molar-refractivity contribution in [1.29, 1.82) is 0 Å². The highest BCUT2D eigenvalue weighted by Gasteiger charge is 2.19. The molecule has 0 spiro atoms. The maximum Gasteiger partial charge on any atom is 0.0522 e. The smallest absolute Gasteiger partial charge is 0.0522 e. The predicted octanol–water partition coefficient (Wildman–Crippen LogP) is 1.72. The second-order valence-electron chi connectivity index (χ2n) is 4.60. The molecule has 2 heteroatoms. The third kappa shape index (κ3) is 3.33. The Bertz CT molecular complexity index is 307. The lowest BCUT2D eigenvalue weighted by Crippen LogP contribution is -2.22. The average molecular weight is 207 g/mol. The second kappa shape index (κ2) is 5.29. The van der Waals surface area contributed by atoms with Crippen LogP contribution in [-0.4, -0.2) is 25.3 Å². The monoisotopic (exact) mass is 207 g/mol. The molecule has 1 rings (SSSR count). The minimum Gasteiger partial charge on any atom is -0.395 e. The number of aliphatic hydroxyl groups excluding tert-OH is 1. The van der Waals surface area contributed by atoms with Gasteiger partial charge in [-0.05, 0) is 31.1 Å². The zero-order chi connectivity index (χ0) is 11.3. The van der Waals surface area contributed by atoms with Gasteiger partial charge in [0.2, 0.25) is 0 Å². The van der Waals surface area contributed by atoms with Crippen molar-refractivity contribution in [3.8, 4) is 0 Å². The van der Waals surface area contributed by atoms with Crippen molar-refractivity contribution in [2.75, 3.05) is 20.2 Å². The zero-order valence-corrected chi connectivity index (χ0v) is 9.88. The van der Waals surface area contributed by atoms with Crippen LogP contribution in [-0.2, 0) is 11.8 Å². The van der Waals surface area contributed by atoms with E-state index in [1.165, 1.54) is 11.1 Å². The van der Waals surface area contributed by atoms with Gasteiger partial charge in [-0.1, -0.05) is 38.1 Å². The summed E-state index contributed by atoms with van der Waals surface area (Å²) in [6.45, 7) is 5.29. The molecule has 0 aliphatic rings. The summed E-state index contributed by atoms with van der Waals surface area (Å²) in [6.07, 6.45) is 1.03. The summed E-state index contributed by atoms with van der Waals surface area (Å²) in [5, 5.41) is 12.4. The molecule has 0 bridgehead atoms. The third-order valence-electron chi connectivity index (χ3n) is 2.77. The maximum absolute atomic E-state index is 9.30. The Morgan fingerprint density at radius 1 is 1.33 bits per heavy atom. The van der Waals surface area contributed by atoms with E-state index in [4.69, 9.17) is 0 Å². The van der Waals surface area contributed by atoms with Gasteiger partial charge in [-0.15, -0.1) is 0 Å². The van der Waals surface area contributed by atoms with Gasteiger partial charge in [0.05, 0.1) is 6.61 Å². The molecular formula is C13H21NO. The molecule has 0 atom stereocenters. The van der Waals surface area contributed by atoms with Gasteiger partial charge in [0.15, 0.2) is 0 Å². The van der Waals surface area contributed by atoms with Gasteiger partial charge in [-0.2, -0.15) is 0 Å². The molecule has 84 valence electrons. The van der Waals surface area contributed by atoms with E-state index >= 15 is 0 Å². The zero-order valence-electron chi connectivity index (χ0n) is 9.88. The molecule has 0 saturated heterocycles. The fourth-order valence-corrected chi connectivity index (χ4v) is 1.51. The second-order valence-corrected chi connectivity index (χ2v) is 4.60. The van der Waals surface area contributed by atoms with E-state index in [-0.39, 0.29) is 12.0 Å². The van der Waals surface area contributed by atoms with Crippen molar-refractivity contribution in [2.24, 2.45) is 0 Å². The number of hydrogen-bond donors (Lipinski definition) is 2. The summed E-state index contributed by atoms with van der Waals surface area (Å²) in [5.74, 6) is 0. The number of nitrogens with one attached hydrogen (secondary N) is 1. The maximum atomic E-state index is 9.30. The quantitative estimate of drug-likeness (QED) is 0.770. The molecule has 0 aliphatic heterocycles. The van der Waals surface area contributed by atoms with Crippen molar-refractivity contribution < 1.29 is 5.11 Å². The molecule has 15 heavy (non-hydrogen) atoms. The molecule has 0 aliphatic carbocycles. The van der Waals surface area contributed by atoms with Crippen LogP contribution in [0.2, 0.25) is 0 Å². The van der Waals surface area contributed by atoms with E-state index in [0.29, 0.717) is 0 Å². The number of benzene rings is 1. The van der Waals surface area contributed by atoms with Gasteiger partial charge in [0, 0.05) is 5.41 Å². The molecule has 0 unspecified atom stereocenters. The van der Waals surface area contributed by atoms with Gasteiger partial charge in [0.1, 0.15) is 0 Å². The summed E-state index contributed by atoms with van der Waals surface area (Å²) in [7, 11) is 1.96. The van der Waals surface area contributed by atoms with E-state index in [1.54, 1.807) is 0 Å². The van der Waals surface area contributed by atoms with Crippen LogP contribution in [0.3, 0.4) is 0 Å². The Morgan fingerprint density at radius 3 is 2.67 bits per heavy atom. The highest BCUT2D eigenvalue weighted by Crippen LogP contribution is 2.23. The van der Waals surface area contributed by atoms with E-state index in [9.17, 15) is 5.11 Å². The molecule has 0 heterocycles. The summed E-state index contributed by atoms with van der Waals surface area (Å²) in [5.41, 5.74) is 2.39. The van der Waals surface area contributed by atoms with Crippen LogP contribution in [0.25, 0.3) is 0 Å². The van der Waals surface area contributed by atoms with Crippen LogP contribution in [0.5, 0.6) is 0 Å². The van der Waals surface area contributed by atoms with E-state index in [0.717, 1.165) is 13.0 Å². The standard InChI is InChI=1S/C13H21NO/c1-13(2,10-15)12-6-4-5-11(9-12)7-8-14-3/h4-6,9,14-15H,7-8,10H2,1-3H3. The summed E-state index contributed by atoms with van der Waals surface area (Å²) < 4.78 is 0. The predicted molar refractivity (Wildman–Crippen MR) is 64.2 cm³/mol. The molecule has 1 aromatic carbocycles. The number of aliphatic hydroxyl groups is 1. The Hall–Kier alpha value is -0.860. The first-order valence-corrected chi connectivity index (χ1v) is 5.45. The Balaban J connectivity index is 2.82. The lowest BCUT2D eigenvalue weighted by atomic mass is 9.84. The molecule has 0 amide bonds. The molecule has 1 aromatic rings. The van der Waals surface area contributed by atoms with E-state index in [1.807, 2.05) is 7.05 Å². The first kappa shape index (κ1) is 12.2. The van der Waals surface area contributed by atoms with Gasteiger partial charge >= 0.3 is 0 Å². The van der Waals surface area contributed by atoms with Crippen LogP contribution in [0.4, 0.5) is 0 Å². The van der Waals surface area contributed by atoms with Crippen LogP contribution >= 0.6 is 0 Å². The number of likely N-dealkylation sites (N-methyl/N-ethyl adjacent to an activating group) is 1. The minimum absolute atomic E-state index is 0.143. The molecule has 0 aromatic heterocycles. The summed E-state index contributed by atoms with van der Waals surface area (Å²) >= 11 is 0. The molecule has 0 saturated carbocycles. The van der Waals surface area contributed by atoms with Crippen LogP contribution < -0.4 is 5.32 Å². The SMILES string of the molecule is CNCCc1cccc(C(C)(C)CO)c1. The van der Waals surface area contributed by atoms with Crippen molar-refractivity contribution in [2.45, 2.75) is 25.7 Å². The van der Waals surface area contributed by atoms with E-state index < -0.39 is 0 Å². The normalized spacial score (nSPS) is 11.7. The molecule has 2 N–H and O–H groups in total. The fourth-order valence-electron chi connectivity index (χ4n) is 1.51. The molecule has 0 radical (unpaired) electrons. The van der Waals surface area contributed by atoms with Crippen molar-refractivity contribution >= 4 is 0 Å². The van der Waals surface area contributed by atoms with Crippen molar-refractivity contribution in [1.82, 2.24) is 5.32 Å². The largest absolute Gasteiger partial charge is 0.395 e. The van der Waals surface area contributed by atoms with Crippen molar-refractivity contribution in [3.05, 3.63) is 35.4 Å². The molecule has 2 nitrogen and oxygen atoms in total. The summed E-state index contributed by atoms with van der Waals surface area (Å²) in [4.78, 5) is 0. The fraction of sp³-hybridized carbons (Fsp3) is 0.538. The van der Waals surface area contributed by atoms with Gasteiger partial charge in [-0.3, -0.25) is 0 Å².